The van der Waals surface area contributed by atoms with Crippen molar-refractivity contribution in [1.29, 1.82) is 0 Å². The molecule has 0 aliphatic rings. The van der Waals surface area contributed by atoms with Crippen LogP contribution in [0.25, 0.3) is 121 Å². The molecule has 0 radical (unpaired) electrons. The maximum atomic E-state index is 6.43. The number of rotatable bonds is 6. The Kier molecular flexibility index (Phi) is 8.17. The minimum absolute atomic E-state index is 0.822. The molecule has 3 heteroatoms. The van der Waals surface area contributed by atoms with Gasteiger partial charge in [0.25, 0.3) is 0 Å². The van der Waals surface area contributed by atoms with Crippen molar-refractivity contribution >= 4 is 54.5 Å². The largest absolute Gasteiger partial charge is 0.455 e. The highest BCUT2D eigenvalue weighted by Gasteiger charge is 2.17. The van der Waals surface area contributed by atoms with Crippen molar-refractivity contribution in [1.82, 2.24) is 9.97 Å². The molecule has 61 heavy (non-hydrogen) atoms. The van der Waals surface area contributed by atoms with Crippen LogP contribution in [0.4, 0.5) is 0 Å². The molecule has 0 spiro atoms. The summed E-state index contributed by atoms with van der Waals surface area (Å²) in [5.74, 6) is 0. The predicted octanol–water partition coefficient (Wildman–Crippen LogP) is 15.8. The van der Waals surface area contributed by atoms with Crippen LogP contribution >= 0.6 is 0 Å². The number of aromatic nitrogens is 2. The second-order valence-corrected chi connectivity index (χ2v) is 15.7. The van der Waals surface area contributed by atoms with Crippen molar-refractivity contribution in [2.75, 3.05) is 0 Å². The maximum Gasteiger partial charge on any atom is 0.143 e. The summed E-state index contributed by atoms with van der Waals surface area (Å²) in [7, 11) is 0. The van der Waals surface area contributed by atoms with E-state index in [0.717, 1.165) is 88.0 Å². The number of benzene rings is 10. The smallest absolute Gasteiger partial charge is 0.143 e. The van der Waals surface area contributed by atoms with Crippen LogP contribution in [0.1, 0.15) is 0 Å². The molecule has 3 nitrogen and oxygen atoms in total. The molecule has 284 valence electrons. The lowest BCUT2D eigenvalue weighted by Gasteiger charge is -2.14. The molecule has 0 unspecified atom stereocenters. The summed E-state index contributed by atoms with van der Waals surface area (Å²) in [5, 5.41) is 6.68. The van der Waals surface area contributed by atoms with Gasteiger partial charge in [-0.25, -0.2) is 4.98 Å². The van der Waals surface area contributed by atoms with E-state index in [-0.39, 0.29) is 0 Å². The second-order valence-electron chi connectivity index (χ2n) is 15.7. The topological polar surface area (TPSA) is 38.9 Å². The molecule has 12 rings (SSSR count). The van der Waals surface area contributed by atoms with Crippen LogP contribution in [0, 0.1) is 0 Å². The number of hydrogen-bond donors (Lipinski definition) is 0. The first kappa shape index (κ1) is 34.9. The maximum absolute atomic E-state index is 6.43. The van der Waals surface area contributed by atoms with Gasteiger partial charge >= 0.3 is 0 Å². The third-order valence-electron chi connectivity index (χ3n) is 12.1. The van der Waals surface area contributed by atoms with Crippen molar-refractivity contribution in [2.45, 2.75) is 0 Å². The number of para-hydroxylation sites is 2. The van der Waals surface area contributed by atoms with Crippen LogP contribution < -0.4 is 0 Å². The first-order valence-electron chi connectivity index (χ1n) is 20.7. The van der Waals surface area contributed by atoms with Crippen molar-refractivity contribution in [3.05, 3.63) is 219 Å². The molecular formula is C58H36N2O. The number of furan rings is 1. The zero-order valence-electron chi connectivity index (χ0n) is 33.1. The van der Waals surface area contributed by atoms with Crippen LogP contribution in [0.5, 0.6) is 0 Å². The highest BCUT2D eigenvalue weighted by molar-refractivity contribution is 6.24. The first-order chi connectivity index (χ1) is 30.2. The zero-order valence-corrected chi connectivity index (χ0v) is 33.1. The van der Waals surface area contributed by atoms with E-state index >= 15 is 0 Å². The predicted molar refractivity (Wildman–Crippen MR) is 254 cm³/mol. The number of hydrogen-bond acceptors (Lipinski definition) is 3. The van der Waals surface area contributed by atoms with Crippen molar-refractivity contribution in [3.8, 4) is 66.9 Å². The van der Waals surface area contributed by atoms with Gasteiger partial charge in [-0.2, -0.15) is 0 Å². The Morgan fingerprint density at radius 3 is 1.41 bits per heavy atom. The van der Waals surface area contributed by atoms with Gasteiger partial charge in [-0.1, -0.05) is 188 Å². The van der Waals surface area contributed by atoms with Gasteiger partial charge in [0.15, 0.2) is 0 Å². The average Bonchev–Trinajstić information content (AvgIpc) is 3.73. The van der Waals surface area contributed by atoms with Crippen LogP contribution in [-0.2, 0) is 0 Å². The fourth-order valence-corrected chi connectivity index (χ4v) is 9.01. The van der Waals surface area contributed by atoms with Gasteiger partial charge < -0.3 is 4.42 Å². The Morgan fingerprint density at radius 1 is 0.295 bits per heavy atom. The molecule has 2 aromatic heterocycles. The third-order valence-corrected chi connectivity index (χ3v) is 12.1. The summed E-state index contributed by atoms with van der Waals surface area (Å²) in [6.07, 6.45) is 1.92. The van der Waals surface area contributed by atoms with Gasteiger partial charge in [0.2, 0.25) is 0 Å². The van der Waals surface area contributed by atoms with Gasteiger partial charge in [0.05, 0.1) is 22.9 Å². The lowest BCUT2D eigenvalue weighted by atomic mass is 9.92. The van der Waals surface area contributed by atoms with Gasteiger partial charge in [-0.3, -0.25) is 4.98 Å². The van der Waals surface area contributed by atoms with E-state index in [1.54, 1.807) is 0 Å². The van der Waals surface area contributed by atoms with Crippen LogP contribution in [-0.4, -0.2) is 9.97 Å². The van der Waals surface area contributed by atoms with Crippen molar-refractivity contribution < 1.29 is 4.42 Å². The van der Waals surface area contributed by atoms with Crippen molar-refractivity contribution in [3.63, 3.8) is 0 Å². The highest BCUT2D eigenvalue weighted by Crippen LogP contribution is 2.40. The second kappa shape index (κ2) is 14.3. The molecule has 0 aliphatic carbocycles. The minimum Gasteiger partial charge on any atom is -0.455 e. The Labute approximate surface area is 352 Å². The van der Waals surface area contributed by atoms with Crippen molar-refractivity contribution in [2.24, 2.45) is 0 Å². The quantitative estimate of drug-likeness (QED) is 0.158. The molecule has 0 amide bonds. The van der Waals surface area contributed by atoms with E-state index in [0.29, 0.717) is 0 Å². The molecule has 0 N–H and O–H groups in total. The molecule has 0 bridgehead atoms. The highest BCUT2D eigenvalue weighted by atomic mass is 16.3. The summed E-state index contributed by atoms with van der Waals surface area (Å²) < 4.78 is 6.43. The molecule has 12 aromatic rings. The van der Waals surface area contributed by atoms with E-state index in [2.05, 4.69) is 200 Å². The zero-order chi connectivity index (χ0) is 40.3. The van der Waals surface area contributed by atoms with E-state index in [1.807, 2.05) is 18.3 Å². The van der Waals surface area contributed by atoms with E-state index in [4.69, 9.17) is 14.4 Å². The molecule has 0 atom stereocenters. The number of nitrogens with zero attached hydrogens (tertiary/aromatic N) is 2. The Balaban J connectivity index is 1.01. The first-order valence-corrected chi connectivity index (χ1v) is 20.7. The average molecular weight is 777 g/mol. The normalized spacial score (nSPS) is 11.6. The molecule has 0 saturated carbocycles. The monoisotopic (exact) mass is 776 g/mol. The lowest BCUT2D eigenvalue weighted by Crippen LogP contribution is -1.93. The van der Waals surface area contributed by atoms with Gasteiger partial charge in [0.1, 0.15) is 11.2 Å². The van der Waals surface area contributed by atoms with E-state index in [1.165, 1.54) is 33.4 Å². The SMILES string of the molecule is c1ccc(-c2ccc(-c3ccc4c(c3)c3cc(-c5ccc(-c6ccccc6)cc5)ccc3c3nc(-c5cccc(-c6cccc7c6oc6ccccc67)c5)cnc43)cc2)cc1. The Hall–Kier alpha value is -8.14. The molecule has 2 heterocycles. The summed E-state index contributed by atoms with van der Waals surface area (Å²) in [5.41, 5.74) is 17.0. The molecule has 0 saturated heterocycles. The Morgan fingerprint density at radius 2 is 0.770 bits per heavy atom. The summed E-state index contributed by atoms with van der Waals surface area (Å²) in [6, 6.07) is 75.5. The van der Waals surface area contributed by atoms with Gasteiger partial charge in [-0.05, 0) is 85.1 Å². The fraction of sp³-hybridized carbons (Fsp3) is 0. The molecule has 10 aromatic carbocycles. The summed E-state index contributed by atoms with van der Waals surface area (Å²) >= 11 is 0. The number of fused-ring (bicyclic) bond motifs is 9. The standard InChI is InChI=1S/C58H36N2O/c1-3-11-37(12-4-1)39-21-25-41(26-22-39)43-29-31-49-52(34-43)53-35-44(42-27-23-40(24-28-42)38-13-5-2-6-14-38)30-32-50(53)57-56(49)59-36-54(60-57)46-16-9-15-45(33-46)47-18-10-19-51-48-17-7-8-20-55(48)61-58(47)51/h1-36H. The lowest BCUT2D eigenvalue weighted by molar-refractivity contribution is 0.670. The fourth-order valence-electron chi connectivity index (χ4n) is 9.01. The van der Waals surface area contributed by atoms with Crippen LogP contribution in [0.2, 0.25) is 0 Å². The minimum atomic E-state index is 0.822. The van der Waals surface area contributed by atoms with E-state index in [9.17, 15) is 0 Å². The van der Waals surface area contributed by atoms with Gasteiger partial charge in [0, 0.05) is 32.7 Å². The van der Waals surface area contributed by atoms with Crippen LogP contribution in [0.3, 0.4) is 0 Å². The molecule has 0 aliphatic heterocycles. The summed E-state index contributed by atoms with van der Waals surface area (Å²) in [4.78, 5) is 10.6. The Bertz CT molecular complexity index is 3610. The van der Waals surface area contributed by atoms with Crippen LogP contribution in [0.15, 0.2) is 223 Å². The summed E-state index contributed by atoms with van der Waals surface area (Å²) in [6.45, 7) is 0. The third kappa shape index (κ3) is 6.06. The molecule has 0 fully saturated rings. The van der Waals surface area contributed by atoms with E-state index < -0.39 is 0 Å². The molecular weight excluding hydrogens is 741 g/mol. The van der Waals surface area contributed by atoms with Gasteiger partial charge in [-0.15, -0.1) is 0 Å².